The molecule has 27 heavy (non-hydrogen) atoms. The lowest BCUT2D eigenvalue weighted by Crippen LogP contribution is -2.46. The lowest BCUT2D eigenvalue weighted by Gasteiger charge is -2.31. The molecule has 152 valence electrons. The average Bonchev–Trinajstić information content (AvgIpc) is 2.61. The molecule has 6 nitrogen and oxygen atoms in total. The minimum atomic E-state index is -3.52. The summed E-state index contributed by atoms with van der Waals surface area (Å²) in [6.07, 6.45) is 2.25. The summed E-state index contributed by atoms with van der Waals surface area (Å²) in [4.78, 5) is 14.4. The molecule has 0 spiro atoms. The molecule has 9 heteroatoms. The summed E-state index contributed by atoms with van der Waals surface area (Å²) in [5.74, 6) is -0.522. The Bertz CT molecular complexity index is 756. The van der Waals surface area contributed by atoms with E-state index in [4.69, 9.17) is 23.2 Å². The van der Waals surface area contributed by atoms with Crippen molar-refractivity contribution in [2.24, 2.45) is 5.92 Å². The standard InChI is InChI=1S/C18H27Cl2N3O3S/c1-22(2)9-4-8-21-18(24)15-5-3-10-23(12-15)27(25,26)13-14-6-7-16(19)17(20)11-14/h6-7,11,15H,3-5,8-10,12-13H2,1-2H3,(H,21,24). The monoisotopic (exact) mass is 435 g/mol. The van der Waals surface area contributed by atoms with E-state index in [9.17, 15) is 13.2 Å². The molecule has 0 bridgehead atoms. The smallest absolute Gasteiger partial charge is 0.224 e. The summed E-state index contributed by atoms with van der Waals surface area (Å²) in [6, 6.07) is 4.82. The first-order valence-electron chi connectivity index (χ1n) is 9.03. The van der Waals surface area contributed by atoms with E-state index in [1.54, 1.807) is 18.2 Å². The molecule has 1 amide bonds. The highest BCUT2D eigenvalue weighted by atomic mass is 35.5. The number of benzene rings is 1. The molecule has 1 fully saturated rings. The van der Waals surface area contributed by atoms with E-state index in [-0.39, 0.29) is 24.1 Å². The highest BCUT2D eigenvalue weighted by Gasteiger charge is 2.32. The predicted molar refractivity (Wildman–Crippen MR) is 110 cm³/mol. The molecule has 1 saturated heterocycles. The molecule has 1 aromatic rings. The van der Waals surface area contributed by atoms with Crippen LogP contribution in [0, 0.1) is 5.92 Å². The molecule has 0 aromatic heterocycles. The molecular formula is C18H27Cl2N3O3S. The maximum absolute atomic E-state index is 12.8. The Hall–Kier alpha value is -0.860. The number of nitrogens with one attached hydrogen (secondary N) is 1. The van der Waals surface area contributed by atoms with Gasteiger partial charge in [0.25, 0.3) is 0 Å². The van der Waals surface area contributed by atoms with Gasteiger partial charge in [-0.05, 0) is 57.6 Å². The first kappa shape index (κ1) is 22.4. The van der Waals surface area contributed by atoms with Crippen molar-refractivity contribution < 1.29 is 13.2 Å². The van der Waals surface area contributed by atoms with Crippen LogP contribution >= 0.6 is 23.2 Å². The summed E-state index contributed by atoms with van der Waals surface area (Å²) in [6.45, 7) is 2.16. The molecular weight excluding hydrogens is 409 g/mol. The van der Waals surface area contributed by atoms with E-state index in [0.29, 0.717) is 41.5 Å². The summed E-state index contributed by atoms with van der Waals surface area (Å²) < 4.78 is 27.0. The number of carbonyl (C=O) groups excluding carboxylic acids is 1. The molecule has 1 unspecified atom stereocenters. The van der Waals surface area contributed by atoms with E-state index in [1.165, 1.54) is 4.31 Å². The number of nitrogens with zero attached hydrogens (tertiary/aromatic N) is 2. The van der Waals surface area contributed by atoms with Crippen molar-refractivity contribution in [3.05, 3.63) is 33.8 Å². The second-order valence-electron chi connectivity index (χ2n) is 7.15. The van der Waals surface area contributed by atoms with Gasteiger partial charge < -0.3 is 10.2 Å². The van der Waals surface area contributed by atoms with Crippen LogP contribution in [0.2, 0.25) is 10.0 Å². The normalized spacial score (nSPS) is 18.6. The zero-order valence-electron chi connectivity index (χ0n) is 15.7. The Morgan fingerprint density at radius 3 is 2.70 bits per heavy atom. The molecule has 1 atom stereocenters. The molecule has 1 heterocycles. The second kappa shape index (κ2) is 10.1. The minimum absolute atomic E-state index is 0.0665. The molecule has 1 N–H and O–H groups in total. The van der Waals surface area contributed by atoms with Gasteiger partial charge in [0.15, 0.2) is 0 Å². The zero-order valence-corrected chi connectivity index (χ0v) is 18.1. The number of carbonyl (C=O) groups is 1. The number of hydrogen-bond acceptors (Lipinski definition) is 4. The van der Waals surface area contributed by atoms with Gasteiger partial charge in [-0.15, -0.1) is 0 Å². The van der Waals surface area contributed by atoms with Crippen molar-refractivity contribution in [1.82, 2.24) is 14.5 Å². The topological polar surface area (TPSA) is 69.7 Å². The Kier molecular flexibility index (Phi) is 8.37. The van der Waals surface area contributed by atoms with Crippen LogP contribution < -0.4 is 5.32 Å². The zero-order chi connectivity index (χ0) is 20.0. The Morgan fingerprint density at radius 2 is 2.04 bits per heavy atom. The van der Waals surface area contributed by atoms with Crippen molar-refractivity contribution in [1.29, 1.82) is 0 Å². The van der Waals surface area contributed by atoms with E-state index in [1.807, 2.05) is 14.1 Å². The number of piperidine rings is 1. The van der Waals surface area contributed by atoms with Crippen molar-refractivity contribution in [3.63, 3.8) is 0 Å². The molecule has 2 rings (SSSR count). The largest absolute Gasteiger partial charge is 0.356 e. The van der Waals surface area contributed by atoms with Crippen molar-refractivity contribution >= 4 is 39.1 Å². The molecule has 0 saturated carbocycles. The SMILES string of the molecule is CN(C)CCCNC(=O)C1CCCN(S(=O)(=O)Cc2ccc(Cl)c(Cl)c2)C1. The third-order valence-corrected chi connectivity index (χ3v) is 7.12. The molecule has 1 aliphatic heterocycles. The van der Waals surface area contributed by atoms with Gasteiger partial charge in [0.2, 0.25) is 15.9 Å². The fourth-order valence-corrected chi connectivity index (χ4v) is 5.01. The van der Waals surface area contributed by atoms with Crippen LogP contribution in [0.5, 0.6) is 0 Å². The third kappa shape index (κ3) is 6.91. The first-order valence-corrected chi connectivity index (χ1v) is 11.4. The lowest BCUT2D eigenvalue weighted by molar-refractivity contribution is -0.126. The van der Waals surface area contributed by atoms with Gasteiger partial charge in [-0.1, -0.05) is 29.3 Å². The molecule has 0 radical (unpaired) electrons. The van der Waals surface area contributed by atoms with Gasteiger partial charge >= 0.3 is 0 Å². The maximum Gasteiger partial charge on any atom is 0.224 e. The highest BCUT2D eigenvalue weighted by molar-refractivity contribution is 7.88. The van der Waals surface area contributed by atoms with E-state index < -0.39 is 10.0 Å². The van der Waals surface area contributed by atoms with Gasteiger partial charge in [0.1, 0.15) is 0 Å². The van der Waals surface area contributed by atoms with Crippen LogP contribution in [0.25, 0.3) is 0 Å². The summed E-state index contributed by atoms with van der Waals surface area (Å²) in [7, 11) is 0.447. The van der Waals surface area contributed by atoms with Gasteiger partial charge in [0, 0.05) is 19.6 Å². The van der Waals surface area contributed by atoms with Crippen LogP contribution in [0.3, 0.4) is 0 Å². The van der Waals surface area contributed by atoms with Crippen LogP contribution in [0.4, 0.5) is 0 Å². The fraction of sp³-hybridized carbons (Fsp3) is 0.611. The average molecular weight is 436 g/mol. The predicted octanol–water partition coefficient (Wildman–Crippen LogP) is 2.60. The maximum atomic E-state index is 12.8. The molecule has 1 aromatic carbocycles. The minimum Gasteiger partial charge on any atom is -0.356 e. The van der Waals surface area contributed by atoms with E-state index >= 15 is 0 Å². The van der Waals surface area contributed by atoms with Gasteiger partial charge in [-0.3, -0.25) is 4.79 Å². The summed E-state index contributed by atoms with van der Waals surface area (Å²) in [5.41, 5.74) is 0.583. The van der Waals surface area contributed by atoms with Crippen LogP contribution in [-0.4, -0.2) is 63.8 Å². The fourth-order valence-electron chi connectivity index (χ4n) is 3.09. The number of rotatable bonds is 8. The summed E-state index contributed by atoms with van der Waals surface area (Å²) in [5, 5.41) is 3.65. The number of sulfonamides is 1. The third-order valence-electron chi connectivity index (χ3n) is 4.56. The first-order chi connectivity index (χ1) is 12.7. The van der Waals surface area contributed by atoms with Crippen molar-refractivity contribution in [2.75, 3.05) is 40.3 Å². The number of hydrogen-bond donors (Lipinski definition) is 1. The van der Waals surface area contributed by atoms with Crippen LogP contribution in [0.15, 0.2) is 18.2 Å². The molecule has 1 aliphatic rings. The van der Waals surface area contributed by atoms with E-state index in [0.717, 1.165) is 13.0 Å². The number of amides is 1. The van der Waals surface area contributed by atoms with Crippen LogP contribution in [0.1, 0.15) is 24.8 Å². The summed E-state index contributed by atoms with van der Waals surface area (Å²) >= 11 is 11.9. The van der Waals surface area contributed by atoms with E-state index in [2.05, 4.69) is 10.2 Å². The highest BCUT2D eigenvalue weighted by Crippen LogP contribution is 2.26. The van der Waals surface area contributed by atoms with Gasteiger partial charge in [0.05, 0.1) is 21.7 Å². The lowest BCUT2D eigenvalue weighted by atomic mass is 9.99. The number of halogens is 2. The molecule has 0 aliphatic carbocycles. The van der Waals surface area contributed by atoms with Crippen LogP contribution in [-0.2, 0) is 20.6 Å². The second-order valence-corrected chi connectivity index (χ2v) is 9.93. The van der Waals surface area contributed by atoms with Gasteiger partial charge in [-0.2, -0.15) is 0 Å². The Morgan fingerprint density at radius 1 is 1.30 bits per heavy atom. The Balaban J connectivity index is 1.93. The van der Waals surface area contributed by atoms with Crippen molar-refractivity contribution in [3.8, 4) is 0 Å². The van der Waals surface area contributed by atoms with Gasteiger partial charge in [-0.25, -0.2) is 12.7 Å². The Labute approximate surface area is 171 Å². The van der Waals surface area contributed by atoms with Crippen molar-refractivity contribution in [2.45, 2.75) is 25.0 Å². The quantitative estimate of drug-likeness (QED) is 0.637.